The van der Waals surface area contributed by atoms with Gasteiger partial charge in [0.2, 0.25) is 0 Å². The second kappa shape index (κ2) is 4.82. The summed E-state index contributed by atoms with van der Waals surface area (Å²) >= 11 is 5.57. The molecule has 0 aliphatic carbocycles. The Hall–Kier alpha value is -1.19. The summed E-state index contributed by atoms with van der Waals surface area (Å²) in [7, 11) is 0. The van der Waals surface area contributed by atoms with Crippen molar-refractivity contribution in [2.45, 2.75) is 24.5 Å². The highest BCUT2D eigenvalue weighted by Crippen LogP contribution is 2.28. The molecule has 0 bridgehead atoms. The Morgan fingerprint density at radius 2 is 2.06 bits per heavy atom. The van der Waals surface area contributed by atoms with Crippen LogP contribution < -0.4 is 11.2 Å². The predicted octanol–water partition coefficient (Wildman–Crippen LogP) is -2.20. The number of aliphatic hydroxyl groups is 3. The van der Waals surface area contributed by atoms with Crippen molar-refractivity contribution in [2.75, 3.05) is 6.61 Å². The van der Waals surface area contributed by atoms with Crippen molar-refractivity contribution in [1.82, 2.24) is 9.55 Å². The molecule has 1 aliphatic heterocycles. The average Bonchev–Trinajstić information content (AvgIpc) is 2.61. The second-order valence-corrected chi connectivity index (χ2v) is 4.28. The fourth-order valence-electron chi connectivity index (χ4n) is 1.76. The number of halogens is 1. The lowest BCUT2D eigenvalue weighted by atomic mass is 10.1. The standard InChI is InChI=1S/C9H11ClN2O6/c10-3-1-12(9(17)11-7(3)16)8-6(15)5(14)4(2-13)18-8/h1,4-6,8,13-15H,2H2,(H,11,16,17)/t4-,5+,6?,8-/m1/s1. The molecule has 1 unspecified atom stereocenters. The minimum Gasteiger partial charge on any atom is -0.394 e. The maximum atomic E-state index is 11.5. The van der Waals surface area contributed by atoms with Gasteiger partial charge in [-0.3, -0.25) is 14.3 Å². The van der Waals surface area contributed by atoms with Gasteiger partial charge in [0.1, 0.15) is 23.3 Å². The largest absolute Gasteiger partial charge is 0.394 e. The van der Waals surface area contributed by atoms with Gasteiger partial charge >= 0.3 is 5.69 Å². The van der Waals surface area contributed by atoms with Crippen molar-refractivity contribution >= 4 is 11.6 Å². The maximum Gasteiger partial charge on any atom is 0.330 e. The molecule has 1 saturated heterocycles. The topological polar surface area (TPSA) is 125 Å². The quantitative estimate of drug-likeness (QED) is 0.487. The van der Waals surface area contributed by atoms with E-state index >= 15 is 0 Å². The number of aromatic nitrogens is 2. The third-order valence-corrected chi connectivity index (χ3v) is 2.98. The van der Waals surface area contributed by atoms with E-state index in [1.54, 1.807) is 0 Å². The second-order valence-electron chi connectivity index (χ2n) is 3.87. The lowest BCUT2D eigenvalue weighted by molar-refractivity contribution is -0.0550. The molecule has 1 aliphatic rings. The lowest BCUT2D eigenvalue weighted by Gasteiger charge is -2.17. The predicted molar refractivity (Wildman–Crippen MR) is 59.3 cm³/mol. The molecule has 1 fully saturated rings. The lowest BCUT2D eigenvalue weighted by Crippen LogP contribution is -2.38. The van der Waals surface area contributed by atoms with Gasteiger partial charge in [-0.25, -0.2) is 4.79 Å². The Labute approximate surface area is 105 Å². The van der Waals surface area contributed by atoms with Gasteiger partial charge in [-0.15, -0.1) is 0 Å². The van der Waals surface area contributed by atoms with Crippen molar-refractivity contribution < 1.29 is 20.1 Å². The molecule has 100 valence electrons. The van der Waals surface area contributed by atoms with Crippen LogP contribution in [0.4, 0.5) is 0 Å². The first-order valence-corrected chi connectivity index (χ1v) is 5.47. The number of aromatic amines is 1. The Bertz CT molecular complexity index is 555. The van der Waals surface area contributed by atoms with Gasteiger partial charge in [-0.05, 0) is 0 Å². The van der Waals surface area contributed by atoms with Gasteiger partial charge in [0.15, 0.2) is 6.23 Å². The van der Waals surface area contributed by atoms with Gasteiger partial charge in [0, 0.05) is 6.20 Å². The zero-order valence-electron chi connectivity index (χ0n) is 8.99. The molecule has 0 saturated carbocycles. The van der Waals surface area contributed by atoms with E-state index in [2.05, 4.69) is 0 Å². The monoisotopic (exact) mass is 278 g/mol. The molecular formula is C9H11ClN2O6. The van der Waals surface area contributed by atoms with Crippen LogP contribution in [0.3, 0.4) is 0 Å². The third kappa shape index (κ3) is 2.08. The summed E-state index contributed by atoms with van der Waals surface area (Å²) in [5.41, 5.74) is -1.59. The van der Waals surface area contributed by atoms with Crippen LogP contribution in [0.2, 0.25) is 5.02 Å². The number of hydrogen-bond donors (Lipinski definition) is 4. The number of nitrogens with one attached hydrogen (secondary N) is 1. The van der Waals surface area contributed by atoms with Crippen molar-refractivity contribution in [2.24, 2.45) is 0 Å². The van der Waals surface area contributed by atoms with Crippen LogP contribution in [0.15, 0.2) is 15.8 Å². The first-order valence-electron chi connectivity index (χ1n) is 5.09. The summed E-state index contributed by atoms with van der Waals surface area (Å²) < 4.78 is 5.98. The zero-order chi connectivity index (χ0) is 13.4. The highest BCUT2D eigenvalue weighted by Gasteiger charge is 2.43. The van der Waals surface area contributed by atoms with E-state index in [9.17, 15) is 19.8 Å². The van der Waals surface area contributed by atoms with E-state index in [0.717, 1.165) is 10.8 Å². The van der Waals surface area contributed by atoms with Crippen molar-refractivity contribution in [1.29, 1.82) is 0 Å². The minimum absolute atomic E-state index is 0.257. The van der Waals surface area contributed by atoms with Crippen molar-refractivity contribution in [3.8, 4) is 0 Å². The molecule has 0 amide bonds. The van der Waals surface area contributed by atoms with E-state index in [0.29, 0.717) is 0 Å². The fourth-order valence-corrected chi connectivity index (χ4v) is 1.91. The third-order valence-electron chi connectivity index (χ3n) is 2.72. The number of rotatable bonds is 2. The molecule has 9 heteroatoms. The molecule has 4 N–H and O–H groups in total. The van der Waals surface area contributed by atoms with Gasteiger partial charge in [0.05, 0.1) is 6.61 Å². The van der Waals surface area contributed by atoms with E-state index < -0.39 is 42.4 Å². The molecular weight excluding hydrogens is 268 g/mol. The molecule has 0 spiro atoms. The summed E-state index contributed by atoms with van der Waals surface area (Å²) in [4.78, 5) is 24.6. The highest BCUT2D eigenvalue weighted by atomic mass is 35.5. The smallest absolute Gasteiger partial charge is 0.330 e. The minimum atomic E-state index is -1.41. The SMILES string of the molecule is O=c1[nH]c(=O)n([C@@H]2O[C@H](CO)[C@H](O)C2O)cc1Cl. The van der Waals surface area contributed by atoms with E-state index in [1.165, 1.54) is 0 Å². The Balaban J connectivity index is 2.42. The summed E-state index contributed by atoms with van der Waals surface area (Å²) in [5, 5.41) is 27.9. The van der Waals surface area contributed by atoms with Gasteiger partial charge in [-0.1, -0.05) is 11.6 Å². The van der Waals surface area contributed by atoms with E-state index in [1.807, 2.05) is 4.98 Å². The molecule has 18 heavy (non-hydrogen) atoms. The summed E-state index contributed by atoms with van der Waals surface area (Å²) in [6.45, 7) is -0.513. The van der Waals surface area contributed by atoms with Crippen LogP contribution in [-0.2, 0) is 4.74 Å². The van der Waals surface area contributed by atoms with Crippen molar-refractivity contribution in [3.63, 3.8) is 0 Å². The maximum absolute atomic E-state index is 11.5. The first-order chi connectivity index (χ1) is 8.45. The van der Waals surface area contributed by atoms with Gasteiger partial charge in [-0.2, -0.15) is 0 Å². The molecule has 2 rings (SSSR count). The number of aliphatic hydroxyl groups excluding tert-OH is 3. The normalized spacial score (nSPS) is 31.8. The first kappa shape index (κ1) is 13.2. The molecule has 0 radical (unpaired) electrons. The van der Waals surface area contributed by atoms with Gasteiger partial charge in [0.25, 0.3) is 5.56 Å². The Kier molecular flexibility index (Phi) is 3.55. The molecule has 8 nitrogen and oxygen atoms in total. The average molecular weight is 279 g/mol. The van der Waals surface area contributed by atoms with Crippen LogP contribution in [0, 0.1) is 0 Å². The summed E-state index contributed by atoms with van der Waals surface area (Å²) in [5.74, 6) is 0. The van der Waals surface area contributed by atoms with Crippen LogP contribution in [-0.4, -0.2) is 49.8 Å². The van der Waals surface area contributed by atoms with Crippen LogP contribution >= 0.6 is 11.6 Å². The van der Waals surface area contributed by atoms with Crippen LogP contribution in [0.5, 0.6) is 0 Å². The summed E-state index contributed by atoms with van der Waals surface area (Å²) in [6.07, 6.45) is -3.98. The van der Waals surface area contributed by atoms with Gasteiger partial charge < -0.3 is 20.1 Å². The fraction of sp³-hybridized carbons (Fsp3) is 0.556. The summed E-state index contributed by atoms with van der Waals surface area (Å²) in [6, 6.07) is 0. The Morgan fingerprint density at radius 3 is 2.61 bits per heavy atom. The number of ether oxygens (including phenoxy) is 1. The molecule has 1 aromatic heterocycles. The number of H-pyrrole nitrogens is 1. The van der Waals surface area contributed by atoms with E-state index in [-0.39, 0.29) is 5.02 Å². The number of hydrogen-bond acceptors (Lipinski definition) is 6. The zero-order valence-corrected chi connectivity index (χ0v) is 9.74. The van der Waals surface area contributed by atoms with Crippen LogP contribution in [0.1, 0.15) is 6.23 Å². The van der Waals surface area contributed by atoms with Crippen molar-refractivity contribution in [3.05, 3.63) is 32.1 Å². The molecule has 0 aromatic carbocycles. The highest BCUT2D eigenvalue weighted by molar-refractivity contribution is 6.30. The van der Waals surface area contributed by atoms with E-state index in [4.69, 9.17) is 21.4 Å². The molecule has 1 aromatic rings. The number of nitrogens with zero attached hydrogens (tertiary/aromatic N) is 1. The molecule has 2 heterocycles. The molecule has 4 atom stereocenters. The van der Waals surface area contributed by atoms with Crippen LogP contribution in [0.25, 0.3) is 0 Å². The Morgan fingerprint density at radius 1 is 1.39 bits per heavy atom.